The summed E-state index contributed by atoms with van der Waals surface area (Å²) in [6.45, 7) is 0.566. The summed E-state index contributed by atoms with van der Waals surface area (Å²) in [4.78, 5) is 26.6. The van der Waals surface area contributed by atoms with Gasteiger partial charge in [0, 0.05) is 22.1 Å². The number of fused-ring (bicyclic) bond motifs is 2. The van der Waals surface area contributed by atoms with E-state index >= 15 is 0 Å². The van der Waals surface area contributed by atoms with E-state index in [9.17, 15) is 9.59 Å². The molecule has 3 aromatic rings. The molecule has 0 saturated heterocycles. The Morgan fingerprint density at radius 2 is 1.96 bits per heavy atom. The number of nitrogens with zero attached hydrogens (tertiary/aromatic N) is 1. The molecule has 0 bridgehead atoms. The van der Waals surface area contributed by atoms with Gasteiger partial charge in [0.05, 0.1) is 0 Å². The first kappa shape index (κ1) is 14.2. The Balaban J connectivity index is 1.79. The van der Waals surface area contributed by atoms with E-state index in [-0.39, 0.29) is 11.5 Å². The van der Waals surface area contributed by atoms with Crippen LogP contribution in [0, 0.1) is 0 Å². The van der Waals surface area contributed by atoms with E-state index in [1.54, 1.807) is 23.1 Å². The number of carbonyl (C=O) groups is 1. The molecule has 4 nitrogen and oxygen atoms in total. The largest absolute Gasteiger partial charge is 0.422 e. The lowest BCUT2D eigenvalue weighted by atomic mass is 10.1. The Morgan fingerprint density at radius 1 is 1.13 bits per heavy atom. The molecule has 4 rings (SSSR count). The van der Waals surface area contributed by atoms with Gasteiger partial charge in [-0.15, -0.1) is 0 Å². The number of rotatable bonds is 1. The fourth-order valence-electron chi connectivity index (χ4n) is 2.94. The van der Waals surface area contributed by atoms with Crippen molar-refractivity contribution >= 4 is 38.5 Å². The van der Waals surface area contributed by atoms with E-state index in [4.69, 9.17) is 4.42 Å². The van der Waals surface area contributed by atoms with Crippen LogP contribution in [0.2, 0.25) is 0 Å². The van der Waals surface area contributed by atoms with Gasteiger partial charge >= 0.3 is 5.63 Å². The molecular weight excluding hydrogens is 358 g/mol. The summed E-state index contributed by atoms with van der Waals surface area (Å²) in [5, 5.41) is 0.741. The van der Waals surface area contributed by atoms with E-state index < -0.39 is 5.63 Å². The van der Waals surface area contributed by atoms with Crippen LogP contribution in [0.1, 0.15) is 15.9 Å². The van der Waals surface area contributed by atoms with Crippen molar-refractivity contribution in [3.05, 3.63) is 74.6 Å². The van der Waals surface area contributed by atoms with Crippen LogP contribution in [-0.4, -0.2) is 12.5 Å². The van der Waals surface area contributed by atoms with Crippen LogP contribution in [0.25, 0.3) is 11.0 Å². The molecule has 5 heteroatoms. The summed E-state index contributed by atoms with van der Waals surface area (Å²) in [7, 11) is 0. The Bertz CT molecular complexity index is 993. The van der Waals surface area contributed by atoms with Crippen molar-refractivity contribution in [2.24, 2.45) is 0 Å². The van der Waals surface area contributed by atoms with Gasteiger partial charge in [0.25, 0.3) is 5.91 Å². The predicted octanol–water partition coefficient (Wildman–Crippen LogP) is 3.76. The summed E-state index contributed by atoms with van der Waals surface area (Å²) < 4.78 is 6.25. The number of amides is 1. The van der Waals surface area contributed by atoms with E-state index in [0.29, 0.717) is 12.1 Å². The molecule has 23 heavy (non-hydrogen) atoms. The Labute approximate surface area is 140 Å². The van der Waals surface area contributed by atoms with Crippen LogP contribution in [0.5, 0.6) is 0 Å². The van der Waals surface area contributed by atoms with Crippen LogP contribution in [0.15, 0.2) is 62.2 Å². The molecular formula is C18H12BrNO3. The lowest BCUT2D eigenvalue weighted by Gasteiger charge is -2.17. The Kier molecular flexibility index (Phi) is 3.31. The quantitative estimate of drug-likeness (QED) is 0.613. The molecule has 1 aliphatic rings. The number of hydrogen-bond donors (Lipinski definition) is 0. The van der Waals surface area contributed by atoms with E-state index in [2.05, 4.69) is 15.9 Å². The van der Waals surface area contributed by atoms with Crippen molar-refractivity contribution in [1.29, 1.82) is 0 Å². The van der Waals surface area contributed by atoms with Crippen molar-refractivity contribution in [1.82, 2.24) is 0 Å². The summed E-state index contributed by atoms with van der Waals surface area (Å²) in [6, 6.07) is 14.6. The van der Waals surface area contributed by atoms with Crippen LogP contribution in [0.3, 0.4) is 0 Å². The molecule has 0 N–H and O–H groups in total. The number of hydrogen-bond acceptors (Lipinski definition) is 3. The number of anilines is 1. The highest BCUT2D eigenvalue weighted by Crippen LogP contribution is 2.31. The average molecular weight is 370 g/mol. The highest BCUT2D eigenvalue weighted by molar-refractivity contribution is 9.10. The molecule has 0 aliphatic carbocycles. The lowest BCUT2D eigenvalue weighted by molar-refractivity contribution is 0.0986. The normalized spacial score (nSPS) is 13.3. The molecule has 0 saturated carbocycles. The van der Waals surface area contributed by atoms with Gasteiger partial charge in [-0.25, -0.2) is 4.79 Å². The lowest BCUT2D eigenvalue weighted by Crippen LogP contribution is -2.32. The van der Waals surface area contributed by atoms with Gasteiger partial charge in [0.15, 0.2) is 0 Å². The molecule has 0 unspecified atom stereocenters. The third-order valence-corrected chi connectivity index (χ3v) is 4.55. The molecule has 2 aromatic carbocycles. The van der Waals surface area contributed by atoms with Crippen molar-refractivity contribution in [2.75, 3.05) is 11.4 Å². The molecule has 114 valence electrons. The fraction of sp³-hybridized carbons (Fsp3) is 0.111. The van der Waals surface area contributed by atoms with Crippen molar-refractivity contribution in [2.45, 2.75) is 6.42 Å². The monoisotopic (exact) mass is 369 g/mol. The first-order valence-electron chi connectivity index (χ1n) is 7.27. The highest BCUT2D eigenvalue weighted by Gasteiger charge is 2.27. The molecule has 0 atom stereocenters. The van der Waals surface area contributed by atoms with E-state index in [1.165, 1.54) is 0 Å². The summed E-state index contributed by atoms with van der Waals surface area (Å²) in [6.07, 6.45) is 0.777. The third kappa shape index (κ3) is 2.37. The van der Waals surface area contributed by atoms with Gasteiger partial charge in [0.1, 0.15) is 11.1 Å². The maximum atomic E-state index is 12.8. The highest BCUT2D eigenvalue weighted by atomic mass is 79.9. The SMILES string of the molecule is O=C(c1cc2ccccc2oc1=O)N1CCc2cc(Br)ccc21. The number of halogens is 1. The predicted molar refractivity (Wildman–Crippen MR) is 92.0 cm³/mol. The minimum absolute atomic E-state index is 0.0690. The molecule has 1 amide bonds. The fourth-order valence-corrected chi connectivity index (χ4v) is 3.35. The smallest absolute Gasteiger partial charge is 0.349 e. The summed E-state index contributed by atoms with van der Waals surface area (Å²) in [5.74, 6) is -0.314. The van der Waals surface area contributed by atoms with Crippen LogP contribution in [-0.2, 0) is 6.42 Å². The van der Waals surface area contributed by atoms with Crippen LogP contribution < -0.4 is 10.5 Å². The van der Waals surface area contributed by atoms with Gasteiger partial charge < -0.3 is 9.32 Å². The van der Waals surface area contributed by atoms with Crippen molar-refractivity contribution in [3.8, 4) is 0 Å². The second-order valence-electron chi connectivity index (χ2n) is 5.47. The zero-order chi connectivity index (χ0) is 16.0. The minimum atomic E-state index is -0.598. The Hall–Kier alpha value is -2.40. The molecule has 0 fully saturated rings. The van der Waals surface area contributed by atoms with Gasteiger partial charge in [-0.2, -0.15) is 0 Å². The topological polar surface area (TPSA) is 50.5 Å². The second-order valence-corrected chi connectivity index (χ2v) is 6.38. The molecule has 0 spiro atoms. The van der Waals surface area contributed by atoms with Gasteiger partial charge in [0.2, 0.25) is 0 Å². The van der Waals surface area contributed by atoms with Crippen LogP contribution >= 0.6 is 15.9 Å². The van der Waals surface area contributed by atoms with Crippen LogP contribution in [0.4, 0.5) is 5.69 Å². The maximum absolute atomic E-state index is 12.8. The number of para-hydroxylation sites is 1. The molecule has 2 heterocycles. The molecule has 1 aliphatic heterocycles. The van der Waals surface area contributed by atoms with E-state index in [1.807, 2.05) is 30.3 Å². The zero-order valence-corrected chi connectivity index (χ0v) is 13.7. The third-order valence-electron chi connectivity index (χ3n) is 4.05. The van der Waals surface area contributed by atoms with Crippen molar-refractivity contribution < 1.29 is 9.21 Å². The van der Waals surface area contributed by atoms with Gasteiger partial charge in [-0.05, 0) is 42.3 Å². The van der Waals surface area contributed by atoms with Crippen molar-refractivity contribution in [3.63, 3.8) is 0 Å². The second kappa shape index (κ2) is 5.35. The minimum Gasteiger partial charge on any atom is -0.422 e. The zero-order valence-electron chi connectivity index (χ0n) is 12.1. The molecule has 1 aromatic heterocycles. The summed E-state index contributed by atoms with van der Waals surface area (Å²) >= 11 is 3.44. The first-order chi connectivity index (χ1) is 11.1. The Morgan fingerprint density at radius 3 is 2.83 bits per heavy atom. The first-order valence-corrected chi connectivity index (χ1v) is 8.06. The van der Waals surface area contributed by atoms with Gasteiger partial charge in [-0.1, -0.05) is 34.1 Å². The standard InChI is InChI=1S/C18H12BrNO3/c19-13-5-6-15-11(9-13)7-8-20(15)17(21)14-10-12-3-1-2-4-16(12)23-18(14)22/h1-6,9-10H,7-8H2. The number of carbonyl (C=O) groups excluding carboxylic acids is 1. The van der Waals surface area contributed by atoms with Gasteiger partial charge in [-0.3, -0.25) is 4.79 Å². The average Bonchev–Trinajstić information content (AvgIpc) is 2.96. The number of benzene rings is 2. The van der Waals surface area contributed by atoms with E-state index in [0.717, 1.165) is 27.5 Å². The molecule has 0 radical (unpaired) electrons. The maximum Gasteiger partial charge on any atom is 0.349 e. The summed E-state index contributed by atoms with van der Waals surface area (Å²) in [5.41, 5.74) is 1.90.